The van der Waals surface area contributed by atoms with Crippen molar-refractivity contribution in [3.8, 4) is 0 Å². The van der Waals surface area contributed by atoms with Crippen molar-refractivity contribution in [2.24, 2.45) is 0 Å². The molecule has 0 N–H and O–H groups in total. The van der Waals surface area contributed by atoms with Crippen LogP contribution < -0.4 is 0 Å². The molecule has 0 amide bonds. The largest absolute Gasteiger partial charge is 0.253 e. The Morgan fingerprint density at radius 1 is 0.706 bits per heavy atom. The number of aryl methyl sites for hydroxylation is 3. The van der Waals surface area contributed by atoms with E-state index in [1.54, 1.807) is 0 Å². The standard InChI is InChI=1S/C14H13N3/c1-8-4-5-11-12(15-8)6-7-13-14(11)17-10(3)9(2)16-13/h4-7H,1-3H3. The molecule has 17 heavy (non-hydrogen) atoms. The number of hydrogen-bond donors (Lipinski definition) is 0. The number of fused-ring (bicyclic) bond motifs is 3. The topological polar surface area (TPSA) is 38.7 Å². The Morgan fingerprint density at radius 2 is 1.41 bits per heavy atom. The number of benzene rings is 1. The number of pyridine rings is 1. The van der Waals surface area contributed by atoms with E-state index >= 15 is 0 Å². The van der Waals surface area contributed by atoms with E-state index in [1.807, 2.05) is 39.0 Å². The molecule has 0 aliphatic rings. The highest BCUT2D eigenvalue weighted by Gasteiger charge is 2.06. The first-order valence-electron chi connectivity index (χ1n) is 5.66. The van der Waals surface area contributed by atoms with Gasteiger partial charge in [-0.15, -0.1) is 0 Å². The second-order valence-corrected chi connectivity index (χ2v) is 4.35. The quantitative estimate of drug-likeness (QED) is 0.550. The van der Waals surface area contributed by atoms with Crippen molar-refractivity contribution in [1.29, 1.82) is 0 Å². The Hall–Kier alpha value is -2.03. The first kappa shape index (κ1) is 10.1. The van der Waals surface area contributed by atoms with Gasteiger partial charge in [0.2, 0.25) is 0 Å². The molecule has 1 aromatic carbocycles. The Bertz CT molecular complexity index is 732. The zero-order chi connectivity index (χ0) is 12.0. The van der Waals surface area contributed by atoms with Crippen molar-refractivity contribution < 1.29 is 0 Å². The normalized spacial score (nSPS) is 11.2. The summed E-state index contributed by atoms with van der Waals surface area (Å²) in [5.74, 6) is 0. The van der Waals surface area contributed by atoms with Gasteiger partial charge in [-0.3, -0.25) is 4.98 Å². The third kappa shape index (κ3) is 1.55. The highest BCUT2D eigenvalue weighted by Crippen LogP contribution is 2.22. The molecule has 84 valence electrons. The average molecular weight is 223 g/mol. The van der Waals surface area contributed by atoms with Gasteiger partial charge in [0.05, 0.1) is 27.9 Å². The summed E-state index contributed by atoms with van der Waals surface area (Å²) in [7, 11) is 0. The van der Waals surface area contributed by atoms with Crippen LogP contribution in [0.3, 0.4) is 0 Å². The van der Waals surface area contributed by atoms with Gasteiger partial charge in [-0.25, -0.2) is 9.97 Å². The summed E-state index contributed by atoms with van der Waals surface area (Å²) in [5, 5.41) is 1.07. The fraction of sp³-hybridized carbons (Fsp3) is 0.214. The number of hydrogen-bond acceptors (Lipinski definition) is 3. The summed E-state index contributed by atoms with van der Waals surface area (Å²) in [4.78, 5) is 13.7. The predicted molar refractivity (Wildman–Crippen MR) is 69.1 cm³/mol. The second-order valence-electron chi connectivity index (χ2n) is 4.35. The van der Waals surface area contributed by atoms with Crippen molar-refractivity contribution >= 4 is 21.9 Å². The lowest BCUT2D eigenvalue weighted by molar-refractivity contribution is 1.10. The monoisotopic (exact) mass is 223 g/mol. The molecule has 0 aliphatic heterocycles. The zero-order valence-electron chi connectivity index (χ0n) is 10.2. The highest BCUT2D eigenvalue weighted by molar-refractivity contribution is 6.02. The summed E-state index contributed by atoms with van der Waals surface area (Å²) >= 11 is 0. The van der Waals surface area contributed by atoms with Gasteiger partial charge in [0.1, 0.15) is 0 Å². The average Bonchev–Trinajstić information content (AvgIpc) is 2.30. The molecule has 0 saturated heterocycles. The fourth-order valence-corrected chi connectivity index (χ4v) is 2.00. The lowest BCUT2D eigenvalue weighted by Crippen LogP contribution is -1.94. The summed E-state index contributed by atoms with van der Waals surface area (Å²) in [6.07, 6.45) is 0. The first-order chi connectivity index (χ1) is 8.15. The van der Waals surface area contributed by atoms with Crippen LogP contribution in [0.25, 0.3) is 21.9 Å². The molecule has 3 nitrogen and oxygen atoms in total. The van der Waals surface area contributed by atoms with Gasteiger partial charge >= 0.3 is 0 Å². The third-order valence-electron chi connectivity index (χ3n) is 3.05. The molecule has 2 heterocycles. The van der Waals surface area contributed by atoms with E-state index in [0.717, 1.165) is 39.0 Å². The Labute approximate surface area is 99.5 Å². The molecule has 0 unspecified atom stereocenters. The van der Waals surface area contributed by atoms with E-state index in [0.29, 0.717) is 0 Å². The van der Waals surface area contributed by atoms with Crippen molar-refractivity contribution in [3.63, 3.8) is 0 Å². The van der Waals surface area contributed by atoms with Gasteiger partial charge in [-0.1, -0.05) is 0 Å². The summed E-state index contributed by atoms with van der Waals surface area (Å²) in [6, 6.07) is 8.08. The molecule has 0 aliphatic carbocycles. The fourth-order valence-electron chi connectivity index (χ4n) is 2.00. The van der Waals surface area contributed by atoms with Gasteiger partial charge < -0.3 is 0 Å². The Kier molecular flexibility index (Phi) is 2.08. The molecule has 2 aromatic heterocycles. The lowest BCUT2D eigenvalue weighted by atomic mass is 10.1. The molecular formula is C14H13N3. The maximum Gasteiger partial charge on any atom is 0.0984 e. The minimum atomic E-state index is 0.936. The molecular weight excluding hydrogens is 210 g/mol. The SMILES string of the molecule is Cc1ccc2c(ccc3nc(C)c(C)nc32)n1. The van der Waals surface area contributed by atoms with E-state index < -0.39 is 0 Å². The molecule has 3 aromatic rings. The number of nitrogens with zero attached hydrogens (tertiary/aromatic N) is 3. The van der Waals surface area contributed by atoms with E-state index in [4.69, 9.17) is 0 Å². The molecule has 0 atom stereocenters. The van der Waals surface area contributed by atoms with Crippen LogP contribution in [0.1, 0.15) is 17.1 Å². The van der Waals surface area contributed by atoms with Gasteiger partial charge in [0.25, 0.3) is 0 Å². The molecule has 0 radical (unpaired) electrons. The van der Waals surface area contributed by atoms with Crippen molar-refractivity contribution in [1.82, 2.24) is 15.0 Å². The minimum absolute atomic E-state index is 0.936. The van der Waals surface area contributed by atoms with Crippen LogP contribution in [0.4, 0.5) is 0 Å². The van der Waals surface area contributed by atoms with E-state index in [1.165, 1.54) is 0 Å². The lowest BCUT2D eigenvalue weighted by Gasteiger charge is -2.05. The highest BCUT2D eigenvalue weighted by atomic mass is 14.8. The summed E-state index contributed by atoms with van der Waals surface area (Å²) < 4.78 is 0. The van der Waals surface area contributed by atoms with Crippen LogP contribution in [-0.4, -0.2) is 15.0 Å². The molecule has 0 fully saturated rings. The number of aromatic nitrogens is 3. The molecule has 0 spiro atoms. The van der Waals surface area contributed by atoms with Gasteiger partial charge in [0, 0.05) is 11.1 Å². The minimum Gasteiger partial charge on any atom is -0.253 e. The molecule has 0 saturated carbocycles. The third-order valence-corrected chi connectivity index (χ3v) is 3.05. The molecule has 3 heteroatoms. The van der Waals surface area contributed by atoms with E-state index in [-0.39, 0.29) is 0 Å². The van der Waals surface area contributed by atoms with Crippen LogP contribution in [0.15, 0.2) is 24.3 Å². The van der Waals surface area contributed by atoms with Crippen molar-refractivity contribution in [2.75, 3.05) is 0 Å². The van der Waals surface area contributed by atoms with Gasteiger partial charge in [-0.05, 0) is 45.0 Å². The maximum absolute atomic E-state index is 4.63. The first-order valence-corrected chi connectivity index (χ1v) is 5.66. The van der Waals surface area contributed by atoms with E-state index in [9.17, 15) is 0 Å². The predicted octanol–water partition coefficient (Wildman–Crippen LogP) is 3.10. The zero-order valence-corrected chi connectivity index (χ0v) is 10.2. The van der Waals surface area contributed by atoms with Gasteiger partial charge in [-0.2, -0.15) is 0 Å². The van der Waals surface area contributed by atoms with Crippen molar-refractivity contribution in [2.45, 2.75) is 20.8 Å². The van der Waals surface area contributed by atoms with E-state index in [2.05, 4.69) is 21.0 Å². The van der Waals surface area contributed by atoms with Crippen molar-refractivity contribution in [3.05, 3.63) is 41.3 Å². The maximum atomic E-state index is 4.63. The number of rotatable bonds is 0. The molecule has 3 rings (SSSR count). The smallest absolute Gasteiger partial charge is 0.0984 e. The Morgan fingerprint density at radius 3 is 2.24 bits per heavy atom. The van der Waals surface area contributed by atoms with Crippen LogP contribution in [-0.2, 0) is 0 Å². The van der Waals surface area contributed by atoms with Crippen LogP contribution in [0, 0.1) is 20.8 Å². The summed E-state index contributed by atoms with van der Waals surface area (Å²) in [5.41, 5.74) is 5.84. The van der Waals surface area contributed by atoms with Crippen LogP contribution in [0.2, 0.25) is 0 Å². The van der Waals surface area contributed by atoms with Crippen LogP contribution in [0.5, 0.6) is 0 Å². The molecule has 0 bridgehead atoms. The summed E-state index contributed by atoms with van der Waals surface area (Å²) in [6.45, 7) is 5.97. The van der Waals surface area contributed by atoms with Crippen LogP contribution >= 0.6 is 0 Å². The van der Waals surface area contributed by atoms with Gasteiger partial charge in [0.15, 0.2) is 0 Å². The Balaban J connectivity index is 2.50. The second kappa shape index (κ2) is 3.48.